The van der Waals surface area contributed by atoms with Crippen LogP contribution in [-0.4, -0.2) is 4.98 Å². The van der Waals surface area contributed by atoms with Crippen molar-refractivity contribution < 1.29 is 0 Å². The summed E-state index contributed by atoms with van der Waals surface area (Å²) in [6.45, 7) is 0. The Kier molecular flexibility index (Phi) is 2.85. The van der Waals surface area contributed by atoms with Crippen molar-refractivity contribution in [3.8, 4) is 11.1 Å². The fourth-order valence-electron chi connectivity index (χ4n) is 2.00. The number of pyridine rings is 1. The standard InChI is InChI=1S/C15H10N4/c16-19-18-14-7-5-11(6-8-14)13-9-12-3-1-2-4-15(12)17-10-13/h1-10H. The Morgan fingerprint density at radius 3 is 2.53 bits per heavy atom. The molecule has 1 heterocycles. The average molecular weight is 246 g/mol. The molecule has 4 heteroatoms. The molecule has 0 bridgehead atoms. The van der Waals surface area contributed by atoms with Crippen LogP contribution < -0.4 is 0 Å². The first kappa shape index (κ1) is 11.3. The van der Waals surface area contributed by atoms with Crippen LogP contribution in [0.4, 0.5) is 5.69 Å². The third kappa shape index (κ3) is 2.25. The van der Waals surface area contributed by atoms with E-state index in [0.29, 0.717) is 5.69 Å². The lowest BCUT2D eigenvalue weighted by molar-refractivity contribution is 1.40. The SMILES string of the molecule is [N-]=[N+]=Nc1ccc(-c2cnc3ccccc3c2)cc1. The molecule has 0 amide bonds. The number of azide groups is 1. The van der Waals surface area contributed by atoms with Crippen LogP contribution in [0.2, 0.25) is 0 Å². The van der Waals surface area contributed by atoms with Crippen LogP contribution in [-0.2, 0) is 0 Å². The van der Waals surface area contributed by atoms with Gasteiger partial charge in [-0.1, -0.05) is 47.6 Å². The number of nitrogens with zero attached hydrogens (tertiary/aromatic N) is 4. The largest absolute Gasteiger partial charge is 0.256 e. The van der Waals surface area contributed by atoms with Gasteiger partial charge in [0.15, 0.2) is 0 Å². The zero-order valence-electron chi connectivity index (χ0n) is 10.1. The Hall–Kier alpha value is -2.84. The first-order valence-electron chi connectivity index (χ1n) is 5.87. The molecule has 0 fully saturated rings. The number of benzene rings is 2. The summed E-state index contributed by atoms with van der Waals surface area (Å²) in [7, 11) is 0. The molecule has 4 nitrogen and oxygen atoms in total. The summed E-state index contributed by atoms with van der Waals surface area (Å²) in [5.74, 6) is 0. The predicted octanol–water partition coefficient (Wildman–Crippen LogP) is 4.84. The van der Waals surface area contributed by atoms with Gasteiger partial charge in [-0.3, -0.25) is 4.98 Å². The van der Waals surface area contributed by atoms with Gasteiger partial charge in [-0.15, -0.1) is 0 Å². The van der Waals surface area contributed by atoms with Crippen molar-refractivity contribution in [2.24, 2.45) is 5.11 Å². The highest BCUT2D eigenvalue weighted by molar-refractivity contribution is 5.83. The maximum absolute atomic E-state index is 8.37. The summed E-state index contributed by atoms with van der Waals surface area (Å²) in [4.78, 5) is 7.20. The van der Waals surface area contributed by atoms with Gasteiger partial charge in [-0.25, -0.2) is 0 Å². The normalized spacial score (nSPS) is 10.1. The Bertz CT molecular complexity index is 772. The number of hydrogen-bond acceptors (Lipinski definition) is 2. The van der Waals surface area contributed by atoms with Gasteiger partial charge < -0.3 is 0 Å². The Morgan fingerprint density at radius 1 is 0.947 bits per heavy atom. The predicted molar refractivity (Wildman–Crippen MR) is 76.0 cm³/mol. The third-order valence-electron chi connectivity index (χ3n) is 2.95. The Morgan fingerprint density at radius 2 is 1.74 bits per heavy atom. The van der Waals surface area contributed by atoms with Gasteiger partial charge in [0.2, 0.25) is 0 Å². The summed E-state index contributed by atoms with van der Waals surface area (Å²) in [5.41, 5.74) is 12.1. The minimum atomic E-state index is 0.611. The first-order chi connectivity index (χ1) is 9.36. The molecule has 0 saturated carbocycles. The number of aromatic nitrogens is 1. The molecule has 0 radical (unpaired) electrons. The monoisotopic (exact) mass is 246 g/mol. The lowest BCUT2D eigenvalue weighted by atomic mass is 10.1. The lowest BCUT2D eigenvalue weighted by Crippen LogP contribution is -1.82. The van der Waals surface area contributed by atoms with Gasteiger partial charge in [0.05, 0.1) is 5.52 Å². The van der Waals surface area contributed by atoms with Gasteiger partial charge in [0.25, 0.3) is 0 Å². The molecule has 0 spiro atoms. The molecular weight excluding hydrogens is 236 g/mol. The molecule has 1 aromatic heterocycles. The van der Waals surface area contributed by atoms with E-state index < -0.39 is 0 Å². The van der Waals surface area contributed by atoms with E-state index in [2.05, 4.69) is 21.1 Å². The van der Waals surface area contributed by atoms with Crippen molar-refractivity contribution in [1.82, 2.24) is 4.98 Å². The van der Waals surface area contributed by atoms with Crippen LogP contribution in [0.5, 0.6) is 0 Å². The fraction of sp³-hybridized carbons (Fsp3) is 0. The minimum Gasteiger partial charge on any atom is -0.256 e. The van der Waals surface area contributed by atoms with Gasteiger partial charge >= 0.3 is 0 Å². The molecule has 3 rings (SSSR count). The van der Waals surface area contributed by atoms with E-state index in [1.807, 2.05) is 42.6 Å². The second-order valence-electron chi connectivity index (χ2n) is 4.15. The zero-order chi connectivity index (χ0) is 13.1. The Labute approximate surface area is 110 Å². The molecule has 19 heavy (non-hydrogen) atoms. The molecule has 0 saturated heterocycles. The molecular formula is C15H10N4. The van der Waals surface area contributed by atoms with Gasteiger partial charge in [0.1, 0.15) is 0 Å². The number of para-hydroxylation sites is 1. The van der Waals surface area contributed by atoms with Crippen molar-refractivity contribution in [2.45, 2.75) is 0 Å². The van der Waals surface area contributed by atoms with Crippen LogP contribution in [0, 0.1) is 0 Å². The smallest absolute Gasteiger partial charge is 0.0702 e. The van der Waals surface area contributed by atoms with E-state index in [9.17, 15) is 0 Å². The van der Waals surface area contributed by atoms with Crippen molar-refractivity contribution in [3.05, 3.63) is 71.2 Å². The molecule has 2 aromatic carbocycles. The first-order valence-corrected chi connectivity index (χ1v) is 5.87. The molecule has 0 atom stereocenters. The maximum Gasteiger partial charge on any atom is 0.0702 e. The minimum absolute atomic E-state index is 0.611. The van der Waals surface area contributed by atoms with Gasteiger partial charge in [0, 0.05) is 27.7 Å². The fourth-order valence-corrected chi connectivity index (χ4v) is 2.00. The number of rotatable bonds is 2. The quantitative estimate of drug-likeness (QED) is 0.362. The number of hydrogen-bond donors (Lipinski definition) is 0. The summed E-state index contributed by atoms with van der Waals surface area (Å²) in [6.07, 6.45) is 1.85. The second kappa shape index (κ2) is 4.80. The van der Waals surface area contributed by atoms with Crippen molar-refractivity contribution in [2.75, 3.05) is 0 Å². The third-order valence-corrected chi connectivity index (χ3v) is 2.95. The second-order valence-corrected chi connectivity index (χ2v) is 4.15. The van der Waals surface area contributed by atoms with Gasteiger partial charge in [-0.2, -0.15) is 0 Å². The molecule has 0 aliphatic carbocycles. The van der Waals surface area contributed by atoms with Crippen molar-refractivity contribution >= 4 is 16.6 Å². The highest BCUT2D eigenvalue weighted by Crippen LogP contribution is 2.24. The van der Waals surface area contributed by atoms with Crippen molar-refractivity contribution in [3.63, 3.8) is 0 Å². The summed E-state index contributed by atoms with van der Waals surface area (Å²) >= 11 is 0. The highest BCUT2D eigenvalue weighted by atomic mass is 15.1. The molecule has 0 aliphatic rings. The van der Waals surface area contributed by atoms with Crippen LogP contribution in [0.3, 0.4) is 0 Å². The summed E-state index contributed by atoms with van der Waals surface area (Å²) < 4.78 is 0. The van der Waals surface area contributed by atoms with Crippen LogP contribution in [0.25, 0.3) is 32.5 Å². The molecule has 0 N–H and O–H groups in total. The summed E-state index contributed by atoms with van der Waals surface area (Å²) in [6, 6.07) is 17.6. The topological polar surface area (TPSA) is 61.7 Å². The van der Waals surface area contributed by atoms with E-state index in [-0.39, 0.29) is 0 Å². The van der Waals surface area contributed by atoms with E-state index in [1.54, 1.807) is 12.1 Å². The van der Waals surface area contributed by atoms with E-state index >= 15 is 0 Å². The van der Waals surface area contributed by atoms with Crippen molar-refractivity contribution in [1.29, 1.82) is 0 Å². The number of fused-ring (bicyclic) bond motifs is 1. The lowest BCUT2D eigenvalue weighted by Gasteiger charge is -2.03. The van der Waals surface area contributed by atoms with E-state index in [4.69, 9.17) is 5.53 Å². The Balaban J connectivity index is 2.05. The molecule has 3 aromatic rings. The van der Waals surface area contributed by atoms with E-state index in [0.717, 1.165) is 22.0 Å². The van der Waals surface area contributed by atoms with Crippen LogP contribution >= 0.6 is 0 Å². The maximum atomic E-state index is 8.37. The average Bonchev–Trinajstić information content (AvgIpc) is 2.48. The molecule has 0 unspecified atom stereocenters. The summed E-state index contributed by atoms with van der Waals surface area (Å²) in [5, 5.41) is 4.67. The van der Waals surface area contributed by atoms with Gasteiger partial charge in [-0.05, 0) is 23.2 Å². The van der Waals surface area contributed by atoms with Crippen LogP contribution in [0.15, 0.2) is 65.9 Å². The molecule has 90 valence electrons. The highest BCUT2D eigenvalue weighted by Gasteiger charge is 2.00. The van der Waals surface area contributed by atoms with Crippen LogP contribution in [0.1, 0.15) is 0 Å². The van der Waals surface area contributed by atoms with E-state index in [1.165, 1.54) is 0 Å². The molecule has 0 aliphatic heterocycles. The zero-order valence-corrected chi connectivity index (χ0v) is 10.1.